The minimum atomic E-state index is -0.434. The number of amides is 1. The number of rotatable bonds is 5. The third-order valence-corrected chi connectivity index (χ3v) is 2.84. The lowest BCUT2D eigenvalue weighted by Gasteiger charge is -2.17. The third-order valence-electron chi connectivity index (χ3n) is 2.51. The van der Waals surface area contributed by atoms with Crippen LogP contribution in [-0.4, -0.2) is 25.0 Å². The first-order valence-corrected chi connectivity index (χ1v) is 6.27. The van der Waals surface area contributed by atoms with Crippen molar-refractivity contribution < 1.29 is 14.3 Å². The Bertz CT molecular complexity index is 477. The second-order valence-electron chi connectivity index (χ2n) is 4.00. The number of carbonyl (C=O) groups is 2. The highest BCUT2D eigenvalue weighted by atomic mass is 35.5. The highest BCUT2D eigenvalue weighted by Crippen LogP contribution is 2.26. The number of anilines is 2. The number of carbonyl (C=O) groups excluding carboxylic acids is 2. The van der Waals surface area contributed by atoms with Gasteiger partial charge in [-0.2, -0.15) is 0 Å². The van der Waals surface area contributed by atoms with E-state index in [9.17, 15) is 9.59 Å². The van der Waals surface area contributed by atoms with Gasteiger partial charge in [-0.15, -0.1) is 0 Å². The molecule has 0 saturated carbocycles. The summed E-state index contributed by atoms with van der Waals surface area (Å²) < 4.78 is 4.70. The minimum absolute atomic E-state index is 0.209. The molecule has 0 spiro atoms. The van der Waals surface area contributed by atoms with Crippen LogP contribution in [0.2, 0.25) is 5.02 Å². The predicted molar refractivity (Wildman–Crippen MR) is 75.5 cm³/mol. The lowest BCUT2D eigenvalue weighted by Crippen LogP contribution is -2.29. The summed E-state index contributed by atoms with van der Waals surface area (Å²) in [5.41, 5.74) is 1.18. The minimum Gasteiger partial charge on any atom is -0.467 e. The van der Waals surface area contributed by atoms with Gasteiger partial charge in [-0.25, -0.2) is 4.79 Å². The number of methoxy groups -OCH3 is 1. The van der Waals surface area contributed by atoms with Crippen LogP contribution in [0.4, 0.5) is 11.4 Å². The van der Waals surface area contributed by atoms with Crippen molar-refractivity contribution in [3.05, 3.63) is 23.2 Å². The highest BCUT2D eigenvalue weighted by Gasteiger charge is 2.16. The first-order valence-electron chi connectivity index (χ1n) is 5.89. The van der Waals surface area contributed by atoms with E-state index in [1.807, 2.05) is 6.92 Å². The Morgan fingerprint density at radius 2 is 2.11 bits per heavy atom. The molecule has 0 bridgehead atoms. The molecule has 1 rings (SSSR count). The van der Waals surface area contributed by atoms with E-state index in [1.54, 1.807) is 18.2 Å². The first-order chi connectivity index (χ1) is 8.97. The van der Waals surface area contributed by atoms with E-state index < -0.39 is 6.04 Å². The number of hydrogen-bond acceptors (Lipinski definition) is 4. The van der Waals surface area contributed by atoms with E-state index in [1.165, 1.54) is 14.0 Å². The molecule has 0 aliphatic heterocycles. The van der Waals surface area contributed by atoms with Crippen molar-refractivity contribution in [2.24, 2.45) is 0 Å². The van der Waals surface area contributed by atoms with Gasteiger partial charge in [0.1, 0.15) is 6.04 Å². The molecule has 1 aromatic rings. The molecule has 1 aromatic carbocycles. The van der Waals surface area contributed by atoms with Crippen LogP contribution in [0.15, 0.2) is 18.2 Å². The van der Waals surface area contributed by atoms with Gasteiger partial charge in [-0.3, -0.25) is 4.79 Å². The molecular formula is C13H17ClN2O3. The SMILES string of the molecule is CC[C@H](Nc1ccc(Cl)c(NC(C)=O)c1)C(=O)OC. The van der Waals surface area contributed by atoms with Crippen LogP contribution >= 0.6 is 11.6 Å². The number of hydrogen-bond donors (Lipinski definition) is 2. The van der Waals surface area contributed by atoms with Crippen LogP contribution in [0.1, 0.15) is 20.3 Å². The Kier molecular flexibility index (Phi) is 5.63. The highest BCUT2D eigenvalue weighted by molar-refractivity contribution is 6.33. The lowest BCUT2D eigenvalue weighted by atomic mass is 10.2. The Hall–Kier alpha value is -1.75. The Labute approximate surface area is 117 Å². The summed E-state index contributed by atoms with van der Waals surface area (Å²) in [5.74, 6) is -0.544. The fourth-order valence-electron chi connectivity index (χ4n) is 1.57. The molecule has 5 nitrogen and oxygen atoms in total. The molecule has 1 atom stereocenters. The van der Waals surface area contributed by atoms with Gasteiger partial charge in [0, 0.05) is 12.6 Å². The predicted octanol–water partition coefficient (Wildman–Crippen LogP) is 2.66. The van der Waals surface area contributed by atoms with Crippen LogP contribution in [0, 0.1) is 0 Å². The van der Waals surface area contributed by atoms with E-state index in [4.69, 9.17) is 16.3 Å². The van der Waals surface area contributed by atoms with Crippen LogP contribution in [0.5, 0.6) is 0 Å². The van der Waals surface area contributed by atoms with E-state index >= 15 is 0 Å². The number of nitrogens with one attached hydrogen (secondary N) is 2. The normalized spacial score (nSPS) is 11.6. The zero-order valence-electron chi connectivity index (χ0n) is 11.1. The van der Waals surface area contributed by atoms with Gasteiger partial charge in [0.05, 0.1) is 17.8 Å². The summed E-state index contributed by atoms with van der Waals surface area (Å²) in [6.07, 6.45) is 0.588. The van der Waals surface area contributed by atoms with E-state index in [2.05, 4.69) is 10.6 Å². The maximum Gasteiger partial charge on any atom is 0.328 e. The van der Waals surface area contributed by atoms with Gasteiger partial charge in [-0.05, 0) is 24.6 Å². The van der Waals surface area contributed by atoms with Gasteiger partial charge in [0.15, 0.2) is 0 Å². The fourth-order valence-corrected chi connectivity index (χ4v) is 1.74. The van der Waals surface area contributed by atoms with Crippen molar-refractivity contribution in [3.8, 4) is 0 Å². The van der Waals surface area contributed by atoms with E-state index in [-0.39, 0.29) is 11.9 Å². The first kappa shape index (κ1) is 15.3. The van der Waals surface area contributed by atoms with Crippen LogP contribution < -0.4 is 10.6 Å². The molecular weight excluding hydrogens is 268 g/mol. The third kappa shape index (κ3) is 4.44. The fraction of sp³-hybridized carbons (Fsp3) is 0.385. The monoisotopic (exact) mass is 284 g/mol. The summed E-state index contributed by atoms with van der Waals surface area (Å²) in [7, 11) is 1.34. The van der Waals surface area contributed by atoms with Gasteiger partial charge in [0.2, 0.25) is 5.91 Å². The average molecular weight is 285 g/mol. The topological polar surface area (TPSA) is 67.4 Å². The van der Waals surface area contributed by atoms with E-state index in [0.29, 0.717) is 22.8 Å². The van der Waals surface area contributed by atoms with Crippen LogP contribution in [0.3, 0.4) is 0 Å². The molecule has 104 valence electrons. The Morgan fingerprint density at radius 1 is 1.42 bits per heavy atom. The second kappa shape index (κ2) is 6.99. The number of esters is 1. The van der Waals surface area contributed by atoms with Crippen LogP contribution in [0.25, 0.3) is 0 Å². The molecule has 0 heterocycles. The van der Waals surface area contributed by atoms with Crippen molar-refractivity contribution in [2.75, 3.05) is 17.7 Å². The lowest BCUT2D eigenvalue weighted by molar-refractivity contribution is -0.141. The van der Waals surface area contributed by atoms with Crippen molar-refractivity contribution in [3.63, 3.8) is 0 Å². The van der Waals surface area contributed by atoms with Gasteiger partial charge in [0.25, 0.3) is 0 Å². The maximum atomic E-state index is 11.5. The van der Waals surface area contributed by atoms with Gasteiger partial charge < -0.3 is 15.4 Å². The molecule has 1 amide bonds. The summed E-state index contributed by atoms with van der Waals surface area (Å²) in [6.45, 7) is 3.28. The molecule has 0 aromatic heterocycles. The summed E-state index contributed by atoms with van der Waals surface area (Å²) in [4.78, 5) is 22.5. The molecule has 19 heavy (non-hydrogen) atoms. The molecule has 0 aliphatic rings. The largest absolute Gasteiger partial charge is 0.467 e. The van der Waals surface area contributed by atoms with E-state index in [0.717, 1.165) is 0 Å². The molecule has 0 radical (unpaired) electrons. The van der Waals surface area contributed by atoms with Crippen LogP contribution in [-0.2, 0) is 14.3 Å². The van der Waals surface area contributed by atoms with Crippen molar-refractivity contribution in [2.45, 2.75) is 26.3 Å². The standard InChI is InChI=1S/C13H17ClN2O3/c1-4-11(13(18)19-3)16-9-5-6-10(14)12(7-9)15-8(2)17/h5-7,11,16H,4H2,1-3H3,(H,15,17)/t11-/m0/s1. The molecule has 0 aliphatic carbocycles. The molecule has 6 heteroatoms. The summed E-state index contributed by atoms with van der Waals surface area (Å²) >= 11 is 5.97. The van der Waals surface area contributed by atoms with Gasteiger partial charge in [-0.1, -0.05) is 18.5 Å². The molecule has 0 unspecified atom stereocenters. The number of benzene rings is 1. The Morgan fingerprint density at radius 3 is 2.63 bits per heavy atom. The second-order valence-corrected chi connectivity index (χ2v) is 4.41. The molecule has 0 fully saturated rings. The van der Waals surface area contributed by atoms with Crippen molar-refractivity contribution in [1.29, 1.82) is 0 Å². The molecule has 0 saturated heterocycles. The maximum absolute atomic E-state index is 11.5. The zero-order chi connectivity index (χ0) is 14.4. The average Bonchev–Trinajstić information content (AvgIpc) is 2.38. The number of halogens is 1. The summed E-state index contributed by atoms with van der Waals surface area (Å²) in [5, 5.41) is 6.09. The zero-order valence-corrected chi connectivity index (χ0v) is 11.9. The number of ether oxygens (including phenoxy) is 1. The van der Waals surface area contributed by atoms with Crippen molar-refractivity contribution in [1.82, 2.24) is 0 Å². The molecule has 2 N–H and O–H groups in total. The summed E-state index contributed by atoms with van der Waals surface area (Å²) in [6, 6.07) is 4.63. The quantitative estimate of drug-likeness (QED) is 0.816. The Balaban J connectivity index is 2.89. The smallest absolute Gasteiger partial charge is 0.328 e. The van der Waals surface area contributed by atoms with Crippen molar-refractivity contribution >= 4 is 34.9 Å². The van der Waals surface area contributed by atoms with Gasteiger partial charge >= 0.3 is 5.97 Å².